The topological polar surface area (TPSA) is 61.4 Å². The average Bonchev–Trinajstić information content (AvgIpc) is 2.36. The van der Waals surface area contributed by atoms with Gasteiger partial charge in [-0.25, -0.2) is 4.79 Å². The summed E-state index contributed by atoms with van der Waals surface area (Å²) in [7, 11) is 0. The molecule has 0 fully saturated rings. The fraction of sp³-hybridized carbons (Fsp3) is 0.500. The number of urea groups is 1. The number of aliphatic hydroxyl groups is 1. The lowest BCUT2D eigenvalue weighted by Crippen LogP contribution is -2.39. The molecular weight excluding hydrogens is 264 g/mol. The lowest BCUT2D eigenvalue weighted by atomic mass is 9.97. The Balaban J connectivity index is 2.71. The summed E-state index contributed by atoms with van der Waals surface area (Å²) in [6.45, 7) is 4.40. The van der Waals surface area contributed by atoms with E-state index in [9.17, 15) is 4.79 Å². The molecule has 0 aromatic heterocycles. The predicted molar refractivity (Wildman–Crippen MR) is 77.3 cm³/mol. The zero-order valence-corrected chi connectivity index (χ0v) is 12.1. The SMILES string of the molecule is CC(C)CC(NC(=O)NCCO)c1ccc(Cl)cc1. The van der Waals surface area contributed by atoms with Crippen molar-refractivity contribution in [2.24, 2.45) is 5.92 Å². The number of aliphatic hydroxyl groups excluding tert-OH is 1. The van der Waals surface area contributed by atoms with Crippen LogP contribution < -0.4 is 10.6 Å². The Morgan fingerprint density at radius 1 is 1.32 bits per heavy atom. The number of benzene rings is 1. The van der Waals surface area contributed by atoms with Crippen molar-refractivity contribution < 1.29 is 9.90 Å². The highest BCUT2D eigenvalue weighted by molar-refractivity contribution is 6.30. The number of hydrogen-bond acceptors (Lipinski definition) is 2. The van der Waals surface area contributed by atoms with Crippen LogP contribution >= 0.6 is 11.6 Å². The van der Waals surface area contributed by atoms with Crippen molar-refractivity contribution in [3.05, 3.63) is 34.9 Å². The van der Waals surface area contributed by atoms with Crippen molar-refractivity contribution in [2.75, 3.05) is 13.2 Å². The number of halogens is 1. The lowest BCUT2D eigenvalue weighted by Gasteiger charge is -2.21. The van der Waals surface area contributed by atoms with Crippen LogP contribution in [0.2, 0.25) is 5.02 Å². The molecular formula is C14H21ClN2O2. The van der Waals surface area contributed by atoms with E-state index in [0.29, 0.717) is 10.9 Å². The predicted octanol–water partition coefficient (Wildman–Crippen LogP) is 2.72. The first kappa shape index (κ1) is 15.8. The first-order valence-corrected chi connectivity index (χ1v) is 6.81. The van der Waals surface area contributed by atoms with E-state index in [0.717, 1.165) is 12.0 Å². The van der Waals surface area contributed by atoms with Gasteiger partial charge < -0.3 is 15.7 Å². The van der Waals surface area contributed by atoms with Crippen LogP contribution in [0.25, 0.3) is 0 Å². The van der Waals surface area contributed by atoms with Crippen molar-refractivity contribution in [3.63, 3.8) is 0 Å². The quantitative estimate of drug-likeness (QED) is 0.752. The van der Waals surface area contributed by atoms with Gasteiger partial charge in [-0.15, -0.1) is 0 Å². The molecule has 0 saturated heterocycles. The first-order valence-electron chi connectivity index (χ1n) is 6.43. The van der Waals surface area contributed by atoms with Gasteiger partial charge in [0.25, 0.3) is 0 Å². The molecule has 1 unspecified atom stereocenters. The van der Waals surface area contributed by atoms with Crippen LogP contribution in [-0.2, 0) is 0 Å². The third kappa shape index (κ3) is 5.94. The molecule has 0 aliphatic rings. The Morgan fingerprint density at radius 2 is 1.95 bits per heavy atom. The normalized spacial score (nSPS) is 12.3. The summed E-state index contributed by atoms with van der Waals surface area (Å²) in [5.41, 5.74) is 1.03. The van der Waals surface area contributed by atoms with Crippen LogP contribution in [-0.4, -0.2) is 24.3 Å². The summed E-state index contributed by atoms with van der Waals surface area (Å²) in [5, 5.41) is 14.9. The number of carbonyl (C=O) groups is 1. The molecule has 1 atom stereocenters. The Labute approximate surface area is 119 Å². The van der Waals surface area contributed by atoms with Crippen molar-refractivity contribution >= 4 is 17.6 Å². The van der Waals surface area contributed by atoms with Crippen molar-refractivity contribution in [1.82, 2.24) is 10.6 Å². The van der Waals surface area contributed by atoms with Gasteiger partial charge >= 0.3 is 6.03 Å². The monoisotopic (exact) mass is 284 g/mol. The number of hydrogen-bond donors (Lipinski definition) is 3. The number of amides is 2. The zero-order valence-electron chi connectivity index (χ0n) is 11.3. The third-order valence-corrected chi connectivity index (χ3v) is 2.93. The molecule has 3 N–H and O–H groups in total. The Kier molecular flexibility index (Phi) is 6.67. The molecule has 5 heteroatoms. The van der Waals surface area contributed by atoms with Crippen LogP contribution in [0.15, 0.2) is 24.3 Å². The highest BCUT2D eigenvalue weighted by Crippen LogP contribution is 2.22. The third-order valence-electron chi connectivity index (χ3n) is 2.68. The van der Waals surface area contributed by atoms with Crippen molar-refractivity contribution in [3.8, 4) is 0 Å². The smallest absolute Gasteiger partial charge is 0.315 e. The van der Waals surface area contributed by atoms with Gasteiger partial charge in [-0.2, -0.15) is 0 Å². The number of carbonyl (C=O) groups excluding carboxylic acids is 1. The lowest BCUT2D eigenvalue weighted by molar-refractivity contribution is 0.229. The summed E-state index contributed by atoms with van der Waals surface area (Å²) in [6, 6.07) is 7.14. The molecule has 0 bridgehead atoms. The van der Waals surface area contributed by atoms with Gasteiger partial charge in [0.15, 0.2) is 0 Å². The molecule has 1 aromatic carbocycles. The van der Waals surface area contributed by atoms with E-state index in [1.807, 2.05) is 24.3 Å². The maximum atomic E-state index is 11.7. The van der Waals surface area contributed by atoms with E-state index in [1.165, 1.54) is 0 Å². The minimum absolute atomic E-state index is 0.0593. The largest absolute Gasteiger partial charge is 0.395 e. The number of nitrogens with one attached hydrogen (secondary N) is 2. The molecule has 4 nitrogen and oxygen atoms in total. The standard InChI is InChI=1S/C14H21ClN2O2/c1-10(2)9-13(17-14(19)16-7-8-18)11-3-5-12(15)6-4-11/h3-6,10,13,18H,7-9H2,1-2H3,(H2,16,17,19). The zero-order chi connectivity index (χ0) is 14.3. The Bertz CT molecular complexity index is 393. The molecule has 0 aliphatic heterocycles. The van der Waals surface area contributed by atoms with Gasteiger partial charge in [0, 0.05) is 11.6 Å². The summed E-state index contributed by atoms with van der Waals surface area (Å²) in [5.74, 6) is 0.457. The van der Waals surface area contributed by atoms with Gasteiger partial charge in [-0.3, -0.25) is 0 Å². The number of rotatable bonds is 6. The van der Waals surface area contributed by atoms with Crippen molar-refractivity contribution in [2.45, 2.75) is 26.3 Å². The van der Waals surface area contributed by atoms with Gasteiger partial charge in [0.2, 0.25) is 0 Å². The molecule has 0 aliphatic carbocycles. The van der Waals surface area contributed by atoms with Gasteiger partial charge in [0.1, 0.15) is 0 Å². The summed E-state index contributed by atoms with van der Waals surface area (Å²) in [6.07, 6.45) is 0.841. The minimum Gasteiger partial charge on any atom is -0.395 e. The molecule has 19 heavy (non-hydrogen) atoms. The summed E-state index contributed by atoms with van der Waals surface area (Å²) in [4.78, 5) is 11.7. The van der Waals surface area contributed by atoms with E-state index >= 15 is 0 Å². The molecule has 106 valence electrons. The van der Waals surface area contributed by atoms with Crippen LogP contribution in [0.3, 0.4) is 0 Å². The van der Waals surface area contributed by atoms with Crippen LogP contribution in [0.1, 0.15) is 31.9 Å². The maximum absolute atomic E-state index is 11.7. The van der Waals surface area contributed by atoms with Gasteiger partial charge in [0.05, 0.1) is 12.6 Å². The molecule has 1 aromatic rings. The Morgan fingerprint density at radius 3 is 2.47 bits per heavy atom. The fourth-order valence-corrected chi connectivity index (χ4v) is 1.95. The van der Waals surface area contributed by atoms with Crippen LogP contribution in [0.4, 0.5) is 4.79 Å². The van der Waals surface area contributed by atoms with Gasteiger partial charge in [-0.1, -0.05) is 37.6 Å². The second-order valence-corrected chi connectivity index (χ2v) is 5.29. The molecule has 0 heterocycles. The second-order valence-electron chi connectivity index (χ2n) is 4.86. The fourth-order valence-electron chi connectivity index (χ4n) is 1.82. The summed E-state index contributed by atoms with van der Waals surface area (Å²) < 4.78 is 0. The molecule has 0 spiro atoms. The maximum Gasteiger partial charge on any atom is 0.315 e. The molecule has 0 saturated carbocycles. The highest BCUT2D eigenvalue weighted by Gasteiger charge is 2.15. The van der Waals surface area contributed by atoms with Gasteiger partial charge in [-0.05, 0) is 30.0 Å². The van der Waals surface area contributed by atoms with E-state index < -0.39 is 0 Å². The molecule has 0 radical (unpaired) electrons. The van der Waals surface area contributed by atoms with E-state index in [1.54, 1.807) is 0 Å². The Hall–Kier alpha value is -1.26. The minimum atomic E-state index is -0.269. The first-order chi connectivity index (χ1) is 9.02. The second kappa shape index (κ2) is 8.02. The molecule has 2 amide bonds. The highest BCUT2D eigenvalue weighted by atomic mass is 35.5. The molecule has 1 rings (SSSR count). The van der Waals surface area contributed by atoms with E-state index in [4.69, 9.17) is 16.7 Å². The van der Waals surface area contributed by atoms with Crippen LogP contribution in [0.5, 0.6) is 0 Å². The van der Waals surface area contributed by atoms with E-state index in [-0.39, 0.29) is 25.2 Å². The van der Waals surface area contributed by atoms with Crippen molar-refractivity contribution in [1.29, 1.82) is 0 Å². The summed E-state index contributed by atoms with van der Waals surface area (Å²) >= 11 is 5.87. The van der Waals surface area contributed by atoms with E-state index in [2.05, 4.69) is 24.5 Å². The average molecular weight is 285 g/mol. The van der Waals surface area contributed by atoms with Crippen LogP contribution in [0, 0.1) is 5.92 Å².